The first-order chi connectivity index (χ1) is 5.18. The van der Waals surface area contributed by atoms with Gasteiger partial charge in [0.2, 0.25) is 5.91 Å². The lowest BCUT2D eigenvalue weighted by Crippen LogP contribution is -2.49. The molecule has 3 amide bonds. The van der Waals surface area contributed by atoms with Crippen LogP contribution < -0.4 is 16.4 Å². The summed E-state index contributed by atoms with van der Waals surface area (Å²) in [5.74, 6) is 0.0347. The van der Waals surface area contributed by atoms with Crippen molar-refractivity contribution in [3.8, 4) is 0 Å². The molecular weight excluding hydrogens is 146 g/mol. The van der Waals surface area contributed by atoms with Crippen LogP contribution in [0.3, 0.4) is 0 Å². The third-order valence-corrected chi connectivity index (χ3v) is 1.61. The number of nitrogens with two attached hydrogens (primary N) is 1. The first kappa shape index (κ1) is 7.84. The van der Waals surface area contributed by atoms with E-state index in [0.29, 0.717) is 19.4 Å². The molecule has 1 heterocycles. The van der Waals surface area contributed by atoms with E-state index >= 15 is 0 Å². The van der Waals surface area contributed by atoms with Gasteiger partial charge in [-0.2, -0.15) is 0 Å². The summed E-state index contributed by atoms with van der Waals surface area (Å²) in [6.45, 7) is 0.488. The van der Waals surface area contributed by atoms with E-state index in [1.54, 1.807) is 0 Å². The van der Waals surface area contributed by atoms with Crippen LogP contribution in [0.25, 0.3) is 0 Å². The number of carbonyl (C=O) groups excluding carboxylic acids is 2. The summed E-state index contributed by atoms with van der Waals surface area (Å²) in [5, 5.41) is 5.15. The van der Waals surface area contributed by atoms with Gasteiger partial charge in [-0.25, -0.2) is 4.79 Å². The fraction of sp³-hybridized carbons (Fsp3) is 0.667. The summed E-state index contributed by atoms with van der Waals surface area (Å²) in [6.07, 6.45) is 1.14. The Morgan fingerprint density at radius 2 is 2.45 bits per heavy atom. The number of urea groups is 1. The van der Waals surface area contributed by atoms with Gasteiger partial charge in [-0.05, 0) is 6.42 Å². The highest BCUT2D eigenvalue weighted by Crippen LogP contribution is 2.01. The van der Waals surface area contributed by atoms with Crippen molar-refractivity contribution in [3.05, 3.63) is 0 Å². The Hall–Kier alpha value is -1.26. The number of amides is 3. The van der Waals surface area contributed by atoms with Crippen LogP contribution in [0.15, 0.2) is 0 Å². The van der Waals surface area contributed by atoms with E-state index < -0.39 is 6.03 Å². The molecule has 1 rings (SSSR count). The van der Waals surface area contributed by atoms with Gasteiger partial charge in [0.25, 0.3) is 0 Å². The molecule has 11 heavy (non-hydrogen) atoms. The Labute approximate surface area is 64.3 Å². The normalized spacial score (nSPS) is 24.0. The number of piperidine rings is 1. The van der Waals surface area contributed by atoms with Crippen molar-refractivity contribution in [2.24, 2.45) is 5.73 Å². The Morgan fingerprint density at radius 1 is 1.73 bits per heavy atom. The Bertz CT molecular complexity index is 171. The van der Waals surface area contributed by atoms with Crippen molar-refractivity contribution in [2.45, 2.75) is 18.9 Å². The van der Waals surface area contributed by atoms with Crippen molar-refractivity contribution < 1.29 is 9.59 Å². The summed E-state index contributed by atoms with van der Waals surface area (Å²) in [5.41, 5.74) is 4.90. The highest BCUT2D eigenvalue weighted by molar-refractivity contribution is 5.77. The number of rotatable bonds is 1. The lowest BCUT2D eigenvalue weighted by molar-refractivity contribution is -0.122. The molecule has 1 fully saturated rings. The van der Waals surface area contributed by atoms with Gasteiger partial charge in [0.15, 0.2) is 0 Å². The average Bonchev–Trinajstić information content (AvgIpc) is 1.93. The van der Waals surface area contributed by atoms with Gasteiger partial charge in [0, 0.05) is 19.0 Å². The second kappa shape index (κ2) is 3.23. The lowest BCUT2D eigenvalue weighted by atomic mass is 10.1. The zero-order valence-corrected chi connectivity index (χ0v) is 6.09. The maximum absolute atomic E-state index is 10.6. The first-order valence-corrected chi connectivity index (χ1v) is 3.51. The summed E-state index contributed by atoms with van der Waals surface area (Å²) in [7, 11) is 0. The van der Waals surface area contributed by atoms with Crippen molar-refractivity contribution >= 4 is 11.9 Å². The van der Waals surface area contributed by atoms with Crippen LogP contribution >= 0.6 is 0 Å². The molecule has 4 N–H and O–H groups in total. The van der Waals surface area contributed by atoms with E-state index in [4.69, 9.17) is 5.73 Å². The van der Waals surface area contributed by atoms with E-state index in [1.165, 1.54) is 0 Å². The van der Waals surface area contributed by atoms with Gasteiger partial charge in [0.1, 0.15) is 0 Å². The van der Waals surface area contributed by atoms with Crippen molar-refractivity contribution in [1.82, 2.24) is 10.6 Å². The topological polar surface area (TPSA) is 84.2 Å². The predicted octanol–water partition coefficient (Wildman–Crippen LogP) is -1.07. The van der Waals surface area contributed by atoms with Crippen molar-refractivity contribution in [2.75, 3.05) is 6.54 Å². The van der Waals surface area contributed by atoms with E-state index in [9.17, 15) is 9.59 Å². The zero-order valence-electron chi connectivity index (χ0n) is 6.09. The van der Waals surface area contributed by atoms with Crippen molar-refractivity contribution in [3.63, 3.8) is 0 Å². The van der Waals surface area contributed by atoms with E-state index in [1.807, 2.05) is 0 Å². The second-order valence-corrected chi connectivity index (χ2v) is 2.55. The van der Waals surface area contributed by atoms with Gasteiger partial charge in [-0.3, -0.25) is 4.79 Å². The number of hydrogen-bond acceptors (Lipinski definition) is 2. The molecule has 0 aromatic carbocycles. The van der Waals surface area contributed by atoms with Gasteiger partial charge in [-0.1, -0.05) is 0 Å². The summed E-state index contributed by atoms with van der Waals surface area (Å²) in [6, 6.07) is -0.531. The monoisotopic (exact) mass is 157 g/mol. The fourth-order valence-corrected chi connectivity index (χ4v) is 1.06. The molecule has 1 aliphatic rings. The maximum atomic E-state index is 10.6. The minimum atomic E-state index is -0.536. The fourth-order valence-electron chi connectivity index (χ4n) is 1.06. The minimum Gasteiger partial charge on any atom is -0.354 e. The van der Waals surface area contributed by atoms with Crippen LogP contribution in [0.1, 0.15) is 12.8 Å². The number of hydrogen-bond donors (Lipinski definition) is 3. The highest BCUT2D eigenvalue weighted by Gasteiger charge is 2.17. The van der Waals surface area contributed by atoms with Crippen LogP contribution in [0.2, 0.25) is 0 Å². The lowest BCUT2D eigenvalue weighted by Gasteiger charge is -2.22. The smallest absolute Gasteiger partial charge is 0.312 e. The molecular formula is C6H11N3O2. The van der Waals surface area contributed by atoms with Crippen LogP contribution in [0.5, 0.6) is 0 Å². The van der Waals surface area contributed by atoms with Crippen molar-refractivity contribution in [1.29, 1.82) is 0 Å². The van der Waals surface area contributed by atoms with E-state index in [-0.39, 0.29) is 11.9 Å². The molecule has 1 saturated heterocycles. The summed E-state index contributed by atoms with van der Waals surface area (Å²) in [4.78, 5) is 21.0. The number of carbonyl (C=O) groups is 2. The SMILES string of the molecule is NC(=O)NC1CCC(=O)NC1. The zero-order chi connectivity index (χ0) is 8.27. The minimum absolute atomic E-state index is 0.00481. The van der Waals surface area contributed by atoms with E-state index in [0.717, 1.165) is 0 Å². The van der Waals surface area contributed by atoms with Gasteiger partial charge in [0.05, 0.1) is 0 Å². The second-order valence-electron chi connectivity index (χ2n) is 2.55. The molecule has 1 unspecified atom stereocenters. The molecule has 0 aliphatic carbocycles. The number of primary amides is 1. The molecule has 5 heteroatoms. The highest BCUT2D eigenvalue weighted by atomic mass is 16.2. The summed E-state index contributed by atoms with van der Waals surface area (Å²) >= 11 is 0. The van der Waals surface area contributed by atoms with Crippen LogP contribution in [-0.2, 0) is 4.79 Å². The Balaban J connectivity index is 2.28. The summed E-state index contributed by atoms with van der Waals surface area (Å²) < 4.78 is 0. The van der Waals surface area contributed by atoms with Crippen LogP contribution in [0.4, 0.5) is 4.79 Å². The van der Waals surface area contributed by atoms with Gasteiger partial charge < -0.3 is 16.4 Å². The Kier molecular flexibility index (Phi) is 2.30. The largest absolute Gasteiger partial charge is 0.354 e. The number of nitrogens with one attached hydrogen (secondary N) is 2. The molecule has 0 spiro atoms. The molecule has 0 aromatic heterocycles. The predicted molar refractivity (Wildman–Crippen MR) is 38.8 cm³/mol. The first-order valence-electron chi connectivity index (χ1n) is 3.51. The quantitative estimate of drug-likeness (QED) is 0.453. The molecule has 62 valence electrons. The third kappa shape index (κ3) is 2.45. The van der Waals surface area contributed by atoms with Crippen LogP contribution in [0, 0.1) is 0 Å². The third-order valence-electron chi connectivity index (χ3n) is 1.61. The molecule has 0 saturated carbocycles. The van der Waals surface area contributed by atoms with E-state index in [2.05, 4.69) is 10.6 Å². The molecule has 0 aromatic rings. The molecule has 0 radical (unpaired) electrons. The molecule has 1 atom stereocenters. The molecule has 1 aliphatic heterocycles. The molecule has 5 nitrogen and oxygen atoms in total. The van der Waals surface area contributed by atoms with Crippen LogP contribution in [-0.4, -0.2) is 24.5 Å². The maximum Gasteiger partial charge on any atom is 0.312 e. The Morgan fingerprint density at radius 3 is 2.91 bits per heavy atom. The van der Waals surface area contributed by atoms with Gasteiger partial charge >= 0.3 is 6.03 Å². The van der Waals surface area contributed by atoms with Gasteiger partial charge in [-0.15, -0.1) is 0 Å². The average molecular weight is 157 g/mol. The standard InChI is InChI=1S/C6H11N3O2/c7-6(11)9-4-1-2-5(10)8-3-4/h4H,1-3H2,(H,8,10)(H3,7,9,11). The molecule has 0 bridgehead atoms.